The molecule has 142 valence electrons. The molecule has 2 aromatic rings. The molecule has 0 unspecified atom stereocenters. The summed E-state index contributed by atoms with van der Waals surface area (Å²) in [5, 5.41) is 3.08. The minimum Gasteiger partial charge on any atom is -0.464 e. The third-order valence-electron chi connectivity index (χ3n) is 4.33. The molecule has 0 spiro atoms. The Kier molecular flexibility index (Phi) is 7.76. The van der Waals surface area contributed by atoms with Gasteiger partial charge in [0.25, 0.3) is 0 Å². The molecule has 0 saturated heterocycles. The fraction of sp³-hybridized carbons (Fsp3) is 0.476. The van der Waals surface area contributed by atoms with Gasteiger partial charge in [0.05, 0.1) is 6.54 Å². The molecule has 5 heteroatoms. The highest BCUT2D eigenvalue weighted by atomic mass is 79.9. The standard InChI is InChI=1S/C21H29BrN2O2/c1-5-17-13-18(22)9-11-20(17)23-21(25)24(12-6-7-15(2)3)14-19-10-8-16(4)26-19/h8-11,13,15H,5-7,12,14H2,1-4H3,(H,23,25). The Bertz CT molecular complexity index is 725. The van der Waals surface area contributed by atoms with E-state index in [4.69, 9.17) is 4.42 Å². The van der Waals surface area contributed by atoms with Crippen molar-refractivity contribution in [1.29, 1.82) is 0 Å². The number of benzene rings is 1. The van der Waals surface area contributed by atoms with Crippen molar-refractivity contribution in [2.45, 2.75) is 53.5 Å². The maximum Gasteiger partial charge on any atom is 0.322 e. The smallest absolute Gasteiger partial charge is 0.322 e. The number of nitrogens with zero attached hydrogens (tertiary/aromatic N) is 1. The normalized spacial score (nSPS) is 11.0. The van der Waals surface area contributed by atoms with Crippen molar-refractivity contribution < 1.29 is 9.21 Å². The van der Waals surface area contributed by atoms with Crippen molar-refractivity contribution >= 4 is 27.6 Å². The van der Waals surface area contributed by atoms with Gasteiger partial charge in [0.1, 0.15) is 11.5 Å². The predicted octanol–water partition coefficient (Wildman–Crippen LogP) is 6.38. The maximum absolute atomic E-state index is 12.9. The summed E-state index contributed by atoms with van der Waals surface area (Å²) in [4.78, 5) is 14.7. The first-order valence-electron chi connectivity index (χ1n) is 9.28. The summed E-state index contributed by atoms with van der Waals surface area (Å²) in [7, 11) is 0. The topological polar surface area (TPSA) is 45.5 Å². The Morgan fingerprint density at radius 1 is 1.27 bits per heavy atom. The quantitative estimate of drug-likeness (QED) is 0.537. The maximum atomic E-state index is 12.9. The van der Waals surface area contributed by atoms with Crippen LogP contribution in [0.3, 0.4) is 0 Å². The molecule has 1 N–H and O–H groups in total. The second-order valence-corrected chi connectivity index (χ2v) is 7.97. The monoisotopic (exact) mass is 420 g/mol. The second-order valence-electron chi connectivity index (χ2n) is 7.06. The summed E-state index contributed by atoms with van der Waals surface area (Å²) >= 11 is 3.49. The van der Waals surface area contributed by atoms with Crippen molar-refractivity contribution in [1.82, 2.24) is 4.90 Å². The Hall–Kier alpha value is -1.75. The molecule has 1 aromatic heterocycles. The van der Waals surface area contributed by atoms with E-state index in [0.717, 1.165) is 46.5 Å². The fourth-order valence-electron chi connectivity index (χ4n) is 2.87. The SMILES string of the molecule is CCc1cc(Br)ccc1NC(=O)N(CCCC(C)C)Cc1ccc(C)o1. The molecule has 4 nitrogen and oxygen atoms in total. The largest absolute Gasteiger partial charge is 0.464 e. The number of rotatable bonds is 8. The van der Waals surface area contributed by atoms with E-state index in [1.54, 1.807) is 0 Å². The van der Waals surface area contributed by atoms with Crippen LogP contribution in [0.5, 0.6) is 0 Å². The van der Waals surface area contributed by atoms with Gasteiger partial charge in [-0.1, -0.05) is 36.7 Å². The van der Waals surface area contributed by atoms with Gasteiger partial charge < -0.3 is 14.6 Å². The lowest BCUT2D eigenvalue weighted by Crippen LogP contribution is -2.35. The molecule has 0 atom stereocenters. The Balaban J connectivity index is 2.10. The first kappa shape index (κ1) is 20.6. The van der Waals surface area contributed by atoms with Crippen molar-refractivity contribution in [2.24, 2.45) is 5.92 Å². The highest BCUT2D eigenvalue weighted by molar-refractivity contribution is 9.10. The average Bonchev–Trinajstić information content (AvgIpc) is 3.00. The van der Waals surface area contributed by atoms with Crippen molar-refractivity contribution in [2.75, 3.05) is 11.9 Å². The predicted molar refractivity (Wildman–Crippen MR) is 110 cm³/mol. The molecule has 0 aliphatic carbocycles. The van der Waals surface area contributed by atoms with E-state index in [-0.39, 0.29) is 6.03 Å². The van der Waals surface area contributed by atoms with Gasteiger partial charge in [-0.2, -0.15) is 0 Å². The molecule has 1 heterocycles. The molecular weight excluding hydrogens is 392 g/mol. The Labute approximate surface area is 165 Å². The highest BCUT2D eigenvalue weighted by Crippen LogP contribution is 2.22. The van der Waals surface area contributed by atoms with E-state index >= 15 is 0 Å². The second kappa shape index (κ2) is 9.81. The third-order valence-corrected chi connectivity index (χ3v) is 4.82. The van der Waals surface area contributed by atoms with Gasteiger partial charge in [0.2, 0.25) is 0 Å². The van der Waals surface area contributed by atoms with Gasteiger partial charge in [0.15, 0.2) is 0 Å². The lowest BCUT2D eigenvalue weighted by molar-refractivity contribution is 0.201. The van der Waals surface area contributed by atoms with E-state index in [9.17, 15) is 4.79 Å². The van der Waals surface area contributed by atoms with E-state index in [1.807, 2.05) is 36.1 Å². The number of urea groups is 1. The Morgan fingerprint density at radius 2 is 2.04 bits per heavy atom. The van der Waals surface area contributed by atoms with Gasteiger partial charge in [-0.25, -0.2) is 4.79 Å². The lowest BCUT2D eigenvalue weighted by Gasteiger charge is -2.23. The van der Waals surface area contributed by atoms with Crippen LogP contribution in [0.15, 0.2) is 39.2 Å². The molecule has 0 bridgehead atoms. The minimum atomic E-state index is -0.0835. The number of hydrogen-bond acceptors (Lipinski definition) is 2. The molecule has 2 rings (SSSR count). The molecule has 0 radical (unpaired) electrons. The average molecular weight is 421 g/mol. The van der Waals surface area contributed by atoms with Crippen molar-refractivity contribution in [3.63, 3.8) is 0 Å². The van der Waals surface area contributed by atoms with Crippen LogP contribution in [0.1, 0.15) is 50.7 Å². The van der Waals surface area contributed by atoms with E-state index in [0.29, 0.717) is 19.0 Å². The third kappa shape index (κ3) is 6.20. The summed E-state index contributed by atoms with van der Waals surface area (Å²) in [6.45, 7) is 9.61. The van der Waals surface area contributed by atoms with Gasteiger partial charge in [-0.05, 0) is 68.0 Å². The van der Waals surface area contributed by atoms with Crippen molar-refractivity contribution in [3.8, 4) is 0 Å². The molecule has 0 saturated carbocycles. The van der Waals surface area contributed by atoms with Gasteiger partial charge in [-0.3, -0.25) is 0 Å². The van der Waals surface area contributed by atoms with Crippen LogP contribution in [0.25, 0.3) is 0 Å². The molecule has 0 aliphatic heterocycles. The summed E-state index contributed by atoms with van der Waals surface area (Å²) in [6.07, 6.45) is 2.94. The first-order chi connectivity index (χ1) is 12.4. The molecule has 26 heavy (non-hydrogen) atoms. The van der Waals surface area contributed by atoms with E-state index in [1.165, 1.54) is 0 Å². The highest BCUT2D eigenvalue weighted by Gasteiger charge is 2.17. The number of aryl methyl sites for hydroxylation is 2. The van der Waals surface area contributed by atoms with Gasteiger partial charge >= 0.3 is 6.03 Å². The van der Waals surface area contributed by atoms with Crippen LogP contribution >= 0.6 is 15.9 Å². The van der Waals surface area contributed by atoms with E-state index in [2.05, 4.69) is 48.1 Å². The number of halogens is 1. The number of nitrogens with one attached hydrogen (secondary N) is 1. The number of hydrogen-bond donors (Lipinski definition) is 1. The van der Waals surface area contributed by atoms with Crippen LogP contribution in [0.2, 0.25) is 0 Å². The molecule has 0 aliphatic rings. The van der Waals surface area contributed by atoms with Crippen LogP contribution < -0.4 is 5.32 Å². The van der Waals surface area contributed by atoms with Gasteiger partial charge in [0, 0.05) is 16.7 Å². The molecule has 1 aromatic carbocycles. The Morgan fingerprint density at radius 3 is 2.65 bits per heavy atom. The summed E-state index contributed by atoms with van der Waals surface area (Å²) in [5.41, 5.74) is 1.98. The number of carbonyl (C=O) groups is 1. The van der Waals surface area contributed by atoms with Crippen LogP contribution in [-0.2, 0) is 13.0 Å². The van der Waals surface area contributed by atoms with Gasteiger partial charge in [-0.15, -0.1) is 0 Å². The van der Waals surface area contributed by atoms with E-state index < -0.39 is 0 Å². The number of carbonyl (C=O) groups excluding carboxylic acids is 1. The zero-order chi connectivity index (χ0) is 19.1. The van der Waals surface area contributed by atoms with Crippen LogP contribution in [0, 0.1) is 12.8 Å². The zero-order valence-corrected chi connectivity index (χ0v) is 17.7. The molecule has 0 fully saturated rings. The fourth-order valence-corrected chi connectivity index (χ4v) is 3.28. The first-order valence-corrected chi connectivity index (χ1v) is 10.1. The zero-order valence-electron chi connectivity index (χ0n) is 16.1. The summed E-state index contributed by atoms with van der Waals surface area (Å²) in [5.74, 6) is 2.31. The minimum absolute atomic E-state index is 0.0835. The summed E-state index contributed by atoms with van der Waals surface area (Å²) < 4.78 is 6.70. The number of anilines is 1. The number of amides is 2. The number of furan rings is 1. The molecular formula is C21H29BrN2O2. The molecule has 2 amide bonds. The lowest BCUT2D eigenvalue weighted by atomic mass is 10.1. The van der Waals surface area contributed by atoms with Crippen LogP contribution in [-0.4, -0.2) is 17.5 Å². The van der Waals surface area contributed by atoms with Crippen LogP contribution in [0.4, 0.5) is 10.5 Å². The van der Waals surface area contributed by atoms with Crippen molar-refractivity contribution in [3.05, 3.63) is 51.9 Å². The summed E-state index contributed by atoms with van der Waals surface area (Å²) in [6, 6.07) is 9.74.